The monoisotopic (exact) mass is 209 g/mol. The van der Waals surface area contributed by atoms with Crippen molar-refractivity contribution in [2.75, 3.05) is 13.7 Å². The van der Waals surface area contributed by atoms with Gasteiger partial charge in [0.2, 0.25) is 0 Å². The summed E-state index contributed by atoms with van der Waals surface area (Å²) in [4.78, 5) is 0. The second-order valence-electron chi connectivity index (χ2n) is 3.75. The van der Waals surface area contributed by atoms with Crippen LogP contribution in [0.15, 0.2) is 6.07 Å². The van der Waals surface area contributed by atoms with Gasteiger partial charge in [-0.1, -0.05) is 6.07 Å². The third-order valence-electron chi connectivity index (χ3n) is 2.70. The predicted molar refractivity (Wildman–Crippen MR) is 61.5 cm³/mol. The first-order valence-electron chi connectivity index (χ1n) is 5.18. The molecule has 3 N–H and O–H groups in total. The molecular weight excluding hydrogens is 190 g/mol. The smallest absolute Gasteiger partial charge is 0.163 e. The SMILES string of the molecule is COc1c(C)c(C)cc(CCCN)c1O. The van der Waals surface area contributed by atoms with Crippen molar-refractivity contribution in [3.05, 3.63) is 22.8 Å². The Balaban J connectivity index is 3.12. The third kappa shape index (κ3) is 2.42. The van der Waals surface area contributed by atoms with Crippen molar-refractivity contribution in [3.8, 4) is 11.5 Å². The van der Waals surface area contributed by atoms with Gasteiger partial charge in [0.25, 0.3) is 0 Å². The van der Waals surface area contributed by atoms with Crippen molar-refractivity contribution in [2.24, 2.45) is 5.73 Å². The Morgan fingerprint density at radius 3 is 2.60 bits per heavy atom. The number of nitrogens with two attached hydrogens (primary N) is 1. The van der Waals surface area contributed by atoms with E-state index in [1.165, 1.54) is 0 Å². The zero-order valence-corrected chi connectivity index (χ0v) is 9.63. The summed E-state index contributed by atoms with van der Waals surface area (Å²) >= 11 is 0. The molecule has 0 saturated carbocycles. The highest BCUT2D eigenvalue weighted by Gasteiger charge is 2.12. The molecule has 0 atom stereocenters. The number of phenols is 1. The minimum Gasteiger partial charge on any atom is -0.504 e. The van der Waals surface area contributed by atoms with Crippen molar-refractivity contribution >= 4 is 0 Å². The van der Waals surface area contributed by atoms with Crippen molar-refractivity contribution in [1.82, 2.24) is 0 Å². The minimum atomic E-state index is 0.258. The molecule has 0 aliphatic heterocycles. The number of benzene rings is 1. The fourth-order valence-electron chi connectivity index (χ4n) is 1.67. The number of hydrogen-bond acceptors (Lipinski definition) is 3. The molecule has 1 aromatic rings. The van der Waals surface area contributed by atoms with Gasteiger partial charge < -0.3 is 15.6 Å². The molecule has 0 aliphatic rings. The second-order valence-corrected chi connectivity index (χ2v) is 3.75. The molecule has 0 spiro atoms. The van der Waals surface area contributed by atoms with Gasteiger partial charge in [-0.05, 0) is 49.9 Å². The van der Waals surface area contributed by atoms with E-state index in [-0.39, 0.29) is 5.75 Å². The number of phenolic OH excluding ortho intramolecular Hbond substituents is 1. The van der Waals surface area contributed by atoms with Gasteiger partial charge in [0.15, 0.2) is 11.5 Å². The molecular formula is C12H19NO2. The highest BCUT2D eigenvalue weighted by Crippen LogP contribution is 2.35. The van der Waals surface area contributed by atoms with Crippen LogP contribution in [0.25, 0.3) is 0 Å². The number of aryl methyl sites for hydroxylation is 2. The van der Waals surface area contributed by atoms with Gasteiger partial charge in [0.05, 0.1) is 7.11 Å². The second kappa shape index (κ2) is 5.03. The largest absolute Gasteiger partial charge is 0.504 e. The molecule has 1 rings (SSSR count). The molecule has 84 valence electrons. The molecule has 0 fully saturated rings. The van der Waals surface area contributed by atoms with Gasteiger partial charge in [0.1, 0.15) is 0 Å². The summed E-state index contributed by atoms with van der Waals surface area (Å²) in [5.74, 6) is 0.844. The van der Waals surface area contributed by atoms with E-state index in [9.17, 15) is 5.11 Å². The fraction of sp³-hybridized carbons (Fsp3) is 0.500. The van der Waals surface area contributed by atoms with Gasteiger partial charge in [-0.15, -0.1) is 0 Å². The van der Waals surface area contributed by atoms with E-state index >= 15 is 0 Å². The lowest BCUT2D eigenvalue weighted by Gasteiger charge is -2.13. The Morgan fingerprint density at radius 2 is 2.07 bits per heavy atom. The summed E-state index contributed by atoms with van der Waals surface area (Å²) in [6.07, 6.45) is 1.67. The number of rotatable bonds is 4. The van der Waals surface area contributed by atoms with Crippen LogP contribution in [0.1, 0.15) is 23.1 Å². The molecule has 3 heteroatoms. The van der Waals surface area contributed by atoms with Gasteiger partial charge in [-0.2, -0.15) is 0 Å². The van der Waals surface area contributed by atoms with Gasteiger partial charge in [-0.25, -0.2) is 0 Å². The average molecular weight is 209 g/mol. The van der Waals surface area contributed by atoms with Crippen LogP contribution in [-0.4, -0.2) is 18.8 Å². The fourth-order valence-corrected chi connectivity index (χ4v) is 1.67. The molecule has 15 heavy (non-hydrogen) atoms. The Hall–Kier alpha value is -1.22. The molecule has 0 radical (unpaired) electrons. The number of ether oxygens (including phenoxy) is 1. The first-order chi connectivity index (χ1) is 7.11. The van der Waals surface area contributed by atoms with E-state index in [1.807, 2.05) is 19.9 Å². The minimum absolute atomic E-state index is 0.258. The highest BCUT2D eigenvalue weighted by molar-refractivity contribution is 5.54. The summed E-state index contributed by atoms with van der Waals surface area (Å²) in [7, 11) is 1.58. The van der Waals surface area contributed by atoms with Crippen molar-refractivity contribution in [3.63, 3.8) is 0 Å². The first kappa shape index (κ1) is 11.9. The van der Waals surface area contributed by atoms with E-state index in [0.717, 1.165) is 29.5 Å². The van der Waals surface area contributed by atoms with Crippen molar-refractivity contribution in [1.29, 1.82) is 0 Å². The van der Waals surface area contributed by atoms with E-state index in [4.69, 9.17) is 10.5 Å². The molecule has 0 aromatic heterocycles. The van der Waals surface area contributed by atoms with Crippen molar-refractivity contribution < 1.29 is 9.84 Å². The maximum atomic E-state index is 9.95. The number of methoxy groups -OCH3 is 1. The molecule has 0 bridgehead atoms. The molecule has 3 nitrogen and oxygen atoms in total. The van der Waals surface area contributed by atoms with Crippen LogP contribution in [0.2, 0.25) is 0 Å². The van der Waals surface area contributed by atoms with Gasteiger partial charge in [0, 0.05) is 0 Å². The molecule has 1 aromatic carbocycles. The Kier molecular flexibility index (Phi) is 3.97. The van der Waals surface area contributed by atoms with E-state index in [1.54, 1.807) is 7.11 Å². The maximum absolute atomic E-state index is 9.95. The number of aromatic hydroxyl groups is 1. The van der Waals surface area contributed by atoms with Crippen LogP contribution in [0.3, 0.4) is 0 Å². The van der Waals surface area contributed by atoms with Crippen LogP contribution in [-0.2, 0) is 6.42 Å². The summed E-state index contributed by atoms with van der Waals surface area (Å²) in [5, 5.41) is 9.95. The topological polar surface area (TPSA) is 55.5 Å². The van der Waals surface area contributed by atoms with Gasteiger partial charge >= 0.3 is 0 Å². The summed E-state index contributed by atoms with van der Waals surface area (Å²) < 4.78 is 5.20. The Labute approximate surface area is 90.9 Å². The summed E-state index contributed by atoms with van der Waals surface area (Å²) in [5.41, 5.74) is 8.50. The van der Waals surface area contributed by atoms with Crippen LogP contribution < -0.4 is 10.5 Å². The quantitative estimate of drug-likeness (QED) is 0.796. The lowest BCUT2D eigenvalue weighted by Crippen LogP contribution is -2.02. The highest BCUT2D eigenvalue weighted by atomic mass is 16.5. The third-order valence-corrected chi connectivity index (χ3v) is 2.70. The molecule has 0 amide bonds. The van der Waals surface area contributed by atoms with Crippen LogP contribution in [0.5, 0.6) is 11.5 Å². The first-order valence-corrected chi connectivity index (χ1v) is 5.18. The predicted octanol–water partition coefficient (Wildman–Crippen LogP) is 1.91. The number of hydrogen-bond donors (Lipinski definition) is 2. The van der Waals surface area contributed by atoms with E-state index in [0.29, 0.717) is 12.3 Å². The molecule has 0 heterocycles. The zero-order valence-electron chi connectivity index (χ0n) is 9.63. The van der Waals surface area contributed by atoms with Crippen LogP contribution in [0.4, 0.5) is 0 Å². The Morgan fingerprint density at radius 1 is 1.40 bits per heavy atom. The van der Waals surface area contributed by atoms with Gasteiger partial charge in [-0.3, -0.25) is 0 Å². The lowest BCUT2D eigenvalue weighted by molar-refractivity contribution is 0.367. The normalized spacial score (nSPS) is 10.4. The van der Waals surface area contributed by atoms with Crippen molar-refractivity contribution in [2.45, 2.75) is 26.7 Å². The average Bonchev–Trinajstić information content (AvgIpc) is 2.22. The molecule has 0 aliphatic carbocycles. The summed E-state index contributed by atoms with van der Waals surface area (Å²) in [6, 6.07) is 2.00. The standard InChI is InChI=1S/C12H19NO2/c1-8-7-10(5-4-6-13)11(14)12(15-3)9(8)2/h7,14H,4-6,13H2,1-3H3. The molecule has 0 unspecified atom stereocenters. The van der Waals surface area contributed by atoms with Crippen LogP contribution >= 0.6 is 0 Å². The Bertz CT molecular complexity index is 348. The van der Waals surface area contributed by atoms with Crippen LogP contribution in [0, 0.1) is 13.8 Å². The zero-order chi connectivity index (χ0) is 11.4. The summed E-state index contributed by atoms with van der Waals surface area (Å²) in [6.45, 7) is 4.60. The van der Waals surface area contributed by atoms with E-state index < -0.39 is 0 Å². The maximum Gasteiger partial charge on any atom is 0.163 e. The lowest BCUT2D eigenvalue weighted by atomic mass is 10.0. The van der Waals surface area contributed by atoms with E-state index in [2.05, 4.69) is 0 Å². The molecule has 0 saturated heterocycles.